The third kappa shape index (κ3) is 8.27. The van der Waals surface area contributed by atoms with Gasteiger partial charge in [0.15, 0.2) is 0 Å². The van der Waals surface area contributed by atoms with Crippen molar-refractivity contribution in [1.82, 2.24) is 0 Å². The molecule has 116 valence electrons. The van der Waals surface area contributed by atoms with E-state index in [1.54, 1.807) is 37.3 Å². The van der Waals surface area contributed by atoms with E-state index in [2.05, 4.69) is 0 Å². The standard InChI is InChI=1S/C15H20O5S/c1-2-19-15(16)11-7-4-8-12-20-21(17,18)13-14-9-5-3-6-10-14/h3,5-7,9-11H,2,4,8,12-13H2,1H3. The lowest BCUT2D eigenvalue weighted by molar-refractivity contribution is -0.137. The van der Waals surface area contributed by atoms with Gasteiger partial charge >= 0.3 is 5.97 Å². The number of carbonyl (C=O) groups is 1. The van der Waals surface area contributed by atoms with Gasteiger partial charge in [-0.1, -0.05) is 36.4 Å². The maximum absolute atomic E-state index is 11.7. The van der Waals surface area contributed by atoms with Crippen LogP contribution in [0.3, 0.4) is 0 Å². The minimum Gasteiger partial charge on any atom is -0.463 e. The quantitative estimate of drug-likeness (QED) is 0.303. The Morgan fingerprint density at radius 2 is 1.95 bits per heavy atom. The maximum Gasteiger partial charge on any atom is 0.330 e. The normalized spacial score (nSPS) is 11.7. The number of ether oxygens (including phenoxy) is 1. The monoisotopic (exact) mass is 312 g/mol. The second-order valence-electron chi connectivity index (χ2n) is 4.31. The van der Waals surface area contributed by atoms with Crippen LogP contribution in [0.1, 0.15) is 25.3 Å². The van der Waals surface area contributed by atoms with Gasteiger partial charge in [0.1, 0.15) is 5.75 Å². The molecule has 1 aromatic carbocycles. The summed E-state index contributed by atoms with van der Waals surface area (Å²) in [6.07, 6.45) is 4.05. The summed E-state index contributed by atoms with van der Waals surface area (Å²) in [5.74, 6) is -0.526. The molecule has 0 aliphatic heterocycles. The summed E-state index contributed by atoms with van der Waals surface area (Å²) < 4.78 is 33.0. The van der Waals surface area contributed by atoms with Crippen LogP contribution in [-0.4, -0.2) is 27.6 Å². The Morgan fingerprint density at radius 1 is 1.24 bits per heavy atom. The topological polar surface area (TPSA) is 69.7 Å². The molecular formula is C15H20O5S. The van der Waals surface area contributed by atoms with Crippen molar-refractivity contribution in [2.45, 2.75) is 25.5 Å². The van der Waals surface area contributed by atoms with Crippen molar-refractivity contribution in [2.75, 3.05) is 13.2 Å². The van der Waals surface area contributed by atoms with Gasteiger partial charge in [0.05, 0.1) is 13.2 Å². The Bertz CT molecular complexity index is 549. The van der Waals surface area contributed by atoms with Crippen molar-refractivity contribution < 1.29 is 22.1 Å². The van der Waals surface area contributed by atoms with E-state index in [9.17, 15) is 13.2 Å². The van der Waals surface area contributed by atoms with Crippen LogP contribution >= 0.6 is 0 Å². The lowest BCUT2D eigenvalue weighted by atomic mass is 10.2. The number of benzene rings is 1. The van der Waals surface area contributed by atoms with Crippen molar-refractivity contribution in [1.29, 1.82) is 0 Å². The lowest BCUT2D eigenvalue weighted by Crippen LogP contribution is -2.09. The van der Waals surface area contributed by atoms with Gasteiger partial charge in [-0.05, 0) is 25.3 Å². The van der Waals surface area contributed by atoms with Crippen LogP contribution in [0.15, 0.2) is 42.5 Å². The molecule has 6 heteroatoms. The fraction of sp³-hybridized carbons (Fsp3) is 0.400. The highest BCUT2D eigenvalue weighted by atomic mass is 32.2. The van der Waals surface area contributed by atoms with Gasteiger partial charge in [-0.25, -0.2) is 4.79 Å². The first-order valence-corrected chi connectivity index (χ1v) is 8.35. The van der Waals surface area contributed by atoms with Crippen LogP contribution in [0.4, 0.5) is 0 Å². The number of rotatable bonds is 9. The molecule has 0 atom stereocenters. The molecule has 0 aliphatic rings. The van der Waals surface area contributed by atoms with E-state index < -0.39 is 16.1 Å². The van der Waals surface area contributed by atoms with Crippen LogP contribution in [-0.2, 0) is 29.6 Å². The molecule has 5 nitrogen and oxygen atoms in total. The van der Waals surface area contributed by atoms with E-state index in [4.69, 9.17) is 8.92 Å². The molecule has 0 unspecified atom stereocenters. The summed E-state index contributed by atoms with van der Waals surface area (Å²) in [6.45, 7) is 2.17. The van der Waals surface area contributed by atoms with E-state index >= 15 is 0 Å². The van der Waals surface area contributed by atoms with Crippen molar-refractivity contribution in [3.8, 4) is 0 Å². The first-order valence-electron chi connectivity index (χ1n) is 6.78. The van der Waals surface area contributed by atoms with Gasteiger partial charge in [0.25, 0.3) is 10.1 Å². The van der Waals surface area contributed by atoms with Crippen molar-refractivity contribution in [3.05, 3.63) is 48.0 Å². The van der Waals surface area contributed by atoms with Gasteiger partial charge in [0, 0.05) is 6.08 Å². The number of hydrogen-bond donors (Lipinski definition) is 0. The Kier molecular flexibility index (Phi) is 7.71. The van der Waals surface area contributed by atoms with Crippen LogP contribution in [0.25, 0.3) is 0 Å². The van der Waals surface area contributed by atoms with E-state index in [1.165, 1.54) is 6.08 Å². The molecule has 0 saturated carbocycles. The van der Waals surface area contributed by atoms with Gasteiger partial charge in [0.2, 0.25) is 0 Å². The first kappa shape index (κ1) is 17.4. The second kappa shape index (κ2) is 9.31. The summed E-state index contributed by atoms with van der Waals surface area (Å²) >= 11 is 0. The Hall–Kier alpha value is -1.66. The van der Waals surface area contributed by atoms with Gasteiger partial charge < -0.3 is 4.74 Å². The number of allylic oxidation sites excluding steroid dienone is 1. The van der Waals surface area contributed by atoms with Crippen molar-refractivity contribution in [3.63, 3.8) is 0 Å². The Morgan fingerprint density at radius 3 is 2.62 bits per heavy atom. The number of hydrogen-bond acceptors (Lipinski definition) is 5. The van der Waals surface area contributed by atoms with Crippen LogP contribution in [0, 0.1) is 0 Å². The van der Waals surface area contributed by atoms with E-state index in [-0.39, 0.29) is 12.4 Å². The van der Waals surface area contributed by atoms with E-state index in [1.807, 2.05) is 6.07 Å². The van der Waals surface area contributed by atoms with Gasteiger partial charge in [-0.3, -0.25) is 4.18 Å². The molecule has 0 heterocycles. The SMILES string of the molecule is CCOC(=O)C=CCCCOS(=O)(=O)Cc1ccccc1. The fourth-order valence-corrected chi connectivity index (χ4v) is 2.63. The molecule has 0 spiro atoms. The first-order chi connectivity index (χ1) is 10.0. The number of unbranched alkanes of at least 4 members (excludes halogenated alkanes) is 1. The zero-order valence-corrected chi connectivity index (χ0v) is 12.8. The molecule has 0 radical (unpaired) electrons. The largest absolute Gasteiger partial charge is 0.463 e. The number of carbonyl (C=O) groups excluding carboxylic acids is 1. The third-order valence-corrected chi connectivity index (χ3v) is 3.72. The predicted molar refractivity (Wildman–Crippen MR) is 80.0 cm³/mol. The van der Waals surface area contributed by atoms with Crippen molar-refractivity contribution in [2.24, 2.45) is 0 Å². The van der Waals surface area contributed by atoms with Gasteiger partial charge in [-0.15, -0.1) is 0 Å². The minimum absolute atomic E-state index is 0.0995. The minimum atomic E-state index is -3.56. The predicted octanol–water partition coefficient (Wildman–Crippen LogP) is 2.43. The molecule has 0 N–H and O–H groups in total. The highest BCUT2D eigenvalue weighted by Gasteiger charge is 2.11. The molecule has 0 fully saturated rings. The summed E-state index contributed by atoms with van der Waals surface area (Å²) in [7, 11) is -3.56. The second-order valence-corrected chi connectivity index (χ2v) is 5.95. The average Bonchev–Trinajstić information content (AvgIpc) is 2.43. The van der Waals surface area contributed by atoms with E-state index in [0.717, 1.165) is 0 Å². The zero-order chi connectivity index (χ0) is 15.6. The molecule has 0 saturated heterocycles. The highest BCUT2D eigenvalue weighted by Crippen LogP contribution is 2.08. The summed E-state index contributed by atoms with van der Waals surface area (Å²) in [5.41, 5.74) is 0.694. The van der Waals surface area contributed by atoms with Crippen molar-refractivity contribution >= 4 is 16.1 Å². The fourth-order valence-electron chi connectivity index (χ4n) is 1.58. The van der Waals surface area contributed by atoms with Crippen LogP contribution < -0.4 is 0 Å². The average molecular weight is 312 g/mol. The molecule has 1 rings (SSSR count). The van der Waals surface area contributed by atoms with Crippen LogP contribution in [0.2, 0.25) is 0 Å². The molecule has 0 aromatic heterocycles. The number of esters is 1. The summed E-state index contributed by atoms with van der Waals surface area (Å²) in [4.78, 5) is 11.0. The Labute approximate surface area is 125 Å². The molecule has 1 aromatic rings. The Balaban J connectivity index is 2.24. The third-order valence-electron chi connectivity index (χ3n) is 2.50. The summed E-state index contributed by atoms with van der Waals surface area (Å²) in [6, 6.07) is 8.87. The zero-order valence-electron chi connectivity index (χ0n) is 12.0. The van der Waals surface area contributed by atoms with E-state index in [0.29, 0.717) is 25.0 Å². The molecule has 0 aliphatic carbocycles. The molecule has 0 bridgehead atoms. The van der Waals surface area contributed by atoms with Gasteiger partial charge in [-0.2, -0.15) is 8.42 Å². The molecular weight excluding hydrogens is 292 g/mol. The highest BCUT2D eigenvalue weighted by molar-refractivity contribution is 7.85. The van der Waals surface area contributed by atoms with Crippen LogP contribution in [0.5, 0.6) is 0 Å². The molecule has 0 amide bonds. The maximum atomic E-state index is 11.7. The molecule has 21 heavy (non-hydrogen) atoms. The lowest BCUT2D eigenvalue weighted by Gasteiger charge is -2.04. The smallest absolute Gasteiger partial charge is 0.330 e. The summed E-state index contributed by atoms with van der Waals surface area (Å²) in [5, 5.41) is 0.